The summed E-state index contributed by atoms with van der Waals surface area (Å²) in [6, 6.07) is 19.3. The summed E-state index contributed by atoms with van der Waals surface area (Å²) in [6.07, 6.45) is -4.87. The van der Waals surface area contributed by atoms with Gasteiger partial charge in [0.1, 0.15) is 5.69 Å². The molecule has 5 nitrogen and oxygen atoms in total. The predicted octanol–water partition coefficient (Wildman–Crippen LogP) is 7.30. The molecule has 0 aliphatic carbocycles. The molecule has 0 atom stereocenters. The smallest absolute Gasteiger partial charge is 0.413 e. The molecule has 5 rings (SSSR count). The Labute approximate surface area is 206 Å². The van der Waals surface area contributed by atoms with E-state index >= 15 is 0 Å². The normalized spacial score (nSPS) is 11.8. The predicted molar refractivity (Wildman–Crippen MR) is 126 cm³/mol. The van der Waals surface area contributed by atoms with Crippen molar-refractivity contribution in [1.82, 2.24) is 14.8 Å². The zero-order valence-electron chi connectivity index (χ0n) is 17.7. The third-order valence-electron chi connectivity index (χ3n) is 5.45. The molecule has 0 fully saturated rings. The number of hydrogen-bond donors (Lipinski definition) is 0. The molecule has 2 heterocycles. The first-order valence-electron chi connectivity index (χ1n) is 10.3. The van der Waals surface area contributed by atoms with Gasteiger partial charge in [0.05, 0.1) is 5.56 Å². The number of fused-ring (bicyclic) bond motifs is 1. The van der Waals surface area contributed by atoms with Gasteiger partial charge in [0.15, 0.2) is 0 Å². The molecule has 10 heteroatoms. The van der Waals surface area contributed by atoms with Crippen molar-refractivity contribution in [3.63, 3.8) is 0 Å². The van der Waals surface area contributed by atoms with Crippen LogP contribution >= 0.6 is 23.2 Å². The molecule has 0 N–H and O–H groups in total. The quantitative estimate of drug-likeness (QED) is 0.230. The topological polar surface area (TPSA) is 60.9 Å². The lowest BCUT2D eigenvalue weighted by Crippen LogP contribution is -2.19. The molecule has 5 aromatic rings. The van der Waals surface area contributed by atoms with Crippen LogP contribution in [0.3, 0.4) is 0 Å². The molecule has 0 unspecified atom stereocenters. The van der Waals surface area contributed by atoms with Crippen LogP contribution in [0.4, 0.5) is 13.2 Å². The van der Waals surface area contributed by atoms with E-state index in [2.05, 4.69) is 10.2 Å². The largest absolute Gasteiger partial charge is 0.432 e. The highest BCUT2D eigenvalue weighted by Gasteiger charge is 2.42. The summed E-state index contributed by atoms with van der Waals surface area (Å²) in [5.41, 5.74) is -0.548. The van der Waals surface area contributed by atoms with Crippen molar-refractivity contribution in [3.8, 4) is 11.5 Å². The van der Waals surface area contributed by atoms with Crippen LogP contribution in [0.15, 0.2) is 77.2 Å². The van der Waals surface area contributed by atoms with E-state index in [0.717, 1.165) is 4.57 Å². The number of nitrogens with zero attached hydrogens (tertiary/aromatic N) is 3. The zero-order chi connectivity index (χ0) is 24.7. The number of carbonyl (C=O) groups excluding carboxylic acids is 1. The molecule has 0 saturated heterocycles. The van der Waals surface area contributed by atoms with Gasteiger partial charge in [-0.2, -0.15) is 13.2 Å². The standard InChI is InChI=1S/C25H14Cl2F3N3O2/c26-16-11-10-15(18(27)12-16)13-33-19-9-5-4-8-17(19)20(22(33)25(28,29)30)21(34)24-32-31-23(35-24)14-6-2-1-3-7-14/h1-12H,13H2. The third kappa shape index (κ3) is 4.31. The molecule has 0 aliphatic heterocycles. The van der Waals surface area contributed by atoms with E-state index in [1.165, 1.54) is 24.3 Å². The van der Waals surface area contributed by atoms with Crippen molar-refractivity contribution in [2.75, 3.05) is 0 Å². The molecule has 3 aromatic carbocycles. The number of alkyl halides is 3. The molecule has 2 aromatic heterocycles. The van der Waals surface area contributed by atoms with E-state index in [9.17, 15) is 18.0 Å². The molecule has 0 radical (unpaired) electrons. The summed E-state index contributed by atoms with van der Waals surface area (Å²) in [5, 5.41) is 8.25. The Morgan fingerprint density at radius 2 is 1.66 bits per heavy atom. The van der Waals surface area contributed by atoms with Crippen molar-refractivity contribution >= 4 is 39.9 Å². The molecule has 0 amide bonds. The summed E-state index contributed by atoms with van der Waals surface area (Å²) in [7, 11) is 0. The second kappa shape index (κ2) is 8.87. The highest BCUT2D eigenvalue weighted by atomic mass is 35.5. The number of halogens is 5. The van der Waals surface area contributed by atoms with Crippen molar-refractivity contribution < 1.29 is 22.4 Å². The Balaban J connectivity index is 1.68. The Morgan fingerprint density at radius 1 is 0.943 bits per heavy atom. The summed E-state index contributed by atoms with van der Waals surface area (Å²) in [6.45, 7) is -0.238. The minimum absolute atomic E-state index is 0.0270. The number of carbonyl (C=O) groups is 1. The van der Waals surface area contributed by atoms with Crippen LogP contribution in [-0.2, 0) is 12.7 Å². The fourth-order valence-electron chi connectivity index (χ4n) is 3.93. The lowest BCUT2D eigenvalue weighted by Gasteiger charge is -2.15. The van der Waals surface area contributed by atoms with Crippen LogP contribution in [0.2, 0.25) is 10.0 Å². The van der Waals surface area contributed by atoms with E-state index < -0.39 is 29.1 Å². The van der Waals surface area contributed by atoms with E-state index in [-0.39, 0.29) is 28.4 Å². The maximum Gasteiger partial charge on any atom is 0.432 e. The van der Waals surface area contributed by atoms with Crippen LogP contribution < -0.4 is 0 Å². The lowest BCUT2D eigenvalue weighted by molar-refractivity contribution is -0.143. The molecule has 0 saturated carbocycles. The maximum absolute atomic E-state index is 14.5. The van der Waals surface area contributed by atoms with Gasteiger partial charge in [-0.15, -0.1) is 10.2 Å². The lowest BCUT2D eigenvalue weighted by atomic mass is 10.1. The zero-order valence-corrected chi connectivity index (χ0v) is 19.2. The van der Waals surface area contributed by atoms with Gasteiger partial charge in [-0.3, -0.25) is 4.79 Å². The Morgan fingerprint density at radius 3 is 2.37 bits per heavy atom. The minimum Gasteiger partial charge on any atom is -0.413 e. The van der Waals surface area contributed by atoms with Crippen LogP contribution in [0.25, 0.3) is 22.4 Å². The van der Waals surface area contributed by atoms with Gasteiger partial charge in [-0.25, -0.2) is 0 Å². The number of para-hydroxylation sites is 1. The summed E-state index contributed by atoms with van der Waals surface area (Å²) < 4.78 is 49.9. The number of hydrogen-bond acceptors (Lipinski definition) is 4. The molecular formula is C25H14Cl2F3N3O2. The second-order valence-electron chi connectivity index (χ2n) is 7.67. The van der Waals surface area contributed by atoms with E-state index in [4.69, 9.17) is 27.6 Å². The van der Waals surface area contributed by atoms with Crippen LogP contribution in [0.1, 0.15) is 27.5 Å². The maximum atomic E-state index is 14.5. The molecule has 0 bridgehead atoms. The van der Waals surface area contributed by atoms with Crippen LogP contribution in [0.5, 0.6) is 0 Å². The molecule has 35 heavy (non-hydrogen) atoms. The van der Waals surface area contributed by atoms with E-state index in [1.807, 2.05) is 0 Å². The molecule has 176 valence electrons. The SMILES string of the molecule is O=C(c1nnc(-c2ccccc2)o1)c1c(C(F)(F)F)n(Cc2ccc(Cl)cc2Cl)c2ccccc12. The van der Waals surface area contributed by atoms with Gasteiger partial charge in [-0.1, -0.05) is 65.7 Å². The van der Waals surface area contributed by atoms with Gasteiger partial charge in [0.25, 0.3) is 11.7 Å². The van der Waals surface area contributed by atoms with Crippen molar-refractivity contribution in [2.24, 2.45) is 0 Å². The van der Waals surface area contributed by atoms with Crippen LogP contribution in [-0.4, -0.2) is 20.5 Å². The van der Waals surface area contributed by atoms with Gasteiger partial charge < -0.3 is 8.98 Å². The Kier molecular flexibility index (Phi) is 5.86. The molecule has 0 spiro atoms. The third-order valence-corrected chi connectivity index (χ3v) is 6.04. The van der Waals surface area contributed by atoms with Crippen molar-refractivity contribution in [3.05, 3.63) is 106 Å². The van der Waals surface area contributed by atoms with Crippen molar-refractivity contribution in [1.29, 1.82) is 0 Å². The Hall–Kier alpha value is -3.62. The van der Waals surface area contributed by atoms with Crippen molar-refractivity contribution in [2.45, 2.75) is 12.7 Å². The molecular weight excluding hydrogens is 502 g/mol. The fourth-order valence-corrected chi connectivity index (χ4v) is 4.40. The first-order valence-corrected chi connectivity index (χ1v) is 11.1. The minimum atomic E-state index is -4.87. The Bertz CT molecular complexity index is 1560. The van der Waals surface area contributed by atoms with Gasteiger partial charge in [0.2, 0.25) is 5.89 Å². The van der Waals surface area contributed by atoms with Gasteiger partial charge in [-0.05, 0) is 35.9 Å². The van der Waals surface area contributed by atoms with Gasteiger partial charge in [0, 0.05) is 33.1 Å². The molecule has 0 aliphatic rings. The second-order valence-corrected chi connectivity index (χ2v) is 8.51. The highest BCUT2D eigenvalue weighted by molar-refractivity contribution is 6.35. The van der Waals surface area contributed by atoms with E-state index in [0.29, 0.717) is 16.1 Å². The first-order chi connectivity index (χ1) is 16.7. The van der Waals surface area contributed by atoms with E-state index in [1.54, 1.807) is 48.5 Å². The monoisotopic (exact) mass is 515 g/mol. The van der Waals surface area contributed by atoms with Crippen LogP contribution in [0, 0.1) is 0 Å². The average Bonchev–Trinajstić information content (AvgIpc) is 3.45. The number of ketones is 1. The number of rotatable bonds is 5. The van der Waals surface area contributed by atoms with Gasteiger partial charge >= 0.3 is 6.18 Å². The fraction of sp³-hybridized carbons (Fsp3) is 0.0800. The summed E-state index contributed by atoms with van der Waals surface area (Å²) >= 11 is 12.2. The number of benzene rings is 3. The highest BCUT2D eigenvalue weighted by Crippen LogP contribution is 2.40. The summed E-state index contributed by atoms with van der Waals surface area (Å²) in [5.74, 6) is -1.54. The number of aromatic nitrogens is 3. The average molecular weight is 516 g/mol. The first kappa shape index (κ1) is 23.1. The summed E-state index contributed by atoms with van der Waals surface area (Å²) in [4.78, 5) is 13.4.